The monoisotopic (exact) mass is 271 g/mol. The van der Waals surface area contributed by atoms with Crippen molar-refractivity contribution in [3.63, 3.8) is 0 Å². The Morgan fingerprint density at radius 2 is 1.75 bits per heavy atom. The van der Waals surface area contributed by atoms with Gasteiger partial charge < -0.3 is 4.74 Å². The van der Waals surface area contributed by atoms with Gasteiger partial charge in [0.05, 0.1) is 18.2 Å². The summed E-state index contributed by atoms with van der Waals surface area (Å²) in [6.45, 7) is 5.29. The molecule has 0 bridgehead atoms. The van der Waals surface area contributed by atoms with Crippen molar-refractivity contribution in [1.82, 2.24) is 0 Å². The molecule has 1 rings (SSSR count). The number of carbonyl (C=O) groups is 2. The Balaban J connectivity index is 3.07. The Morgan fingerprint density at radius 3 is 2.15 bits per heavy atom. The van der Waals surface area contributed by atoms with Gasteiger partial charge in [-0.05, 0) is 23.8 Å². The third-order valence-corrected chi connectivity index (χ3v) is 2.69. The summed E-state index contributed by atoms with van der Waals surface area (Å²) in [6.07, 6.45) is 1.52. The van der Waals surface area contributed by atoms with Gasteiger partial charge in [0.1, 0.15) is 6.07 Å². The molecule has 0 aliphatic rings. The van der Waals surface area contributed by atoms with Gasteiger partial charge in [0.2, 0.25) is 0 Å². The summed E-state index contributed by atoms with van der Waals surface area (Å²) in [5.74, 6) is -0.635. The highest BCUT2D eigenvalue weighted by atomic mass is 16.5. The minimum absolute atomic E-state index is 0.100. The summed E-state index contributed by atoms with van der Waals surface area (Å²) in [5, 5.41) is 9.09. The standard InChI is InChI=1S/C16H17NO3/c1-16(2,3)14(18)13(10-17)9-11-5-7-12(8-6-11)15(19)20-4/h5-9H,1-4H3/b13-9-. The van der Waals surface area contributed by atoms with Crippen LogP contribution in [0.3, 0.4) is 0 Å². The van der Waals surface area contributed by atoms with E-state index >= 15 is 0 Å². The molecule has 0 saturated heterocycles. The molecule has 0 spiro atoms. The Bertz CT molecular complexity index is 584. The molecule has 0 heterocycles. The second-order valence-electron chi connectivity index (χ2n) is 5.36. The van der Waals surface area contributed by atoms with Crippen LogP contribution in [0.4, 0.5) is 0 Å². The third-order valence-electron chi connectivity index (χ3n) is 2.69. The predicted molar refractivity (Wildman–Crippen MR) is 75.8 cm³/mol. The van der Waals surface area contributed by atoms with Crippen molar-refractivity contribution >= 4 is 17.8 Å². The number of allylic oxidation sites excluding steroid dienone is 1. The van der Waals surface area contributed by atoms with Gasteiger partial charge in [-0.1, -0.05) is 32.9 Å². The first-order chi connectivity index (χ1) is 9.29. The van der Waals surface area contributed by atoms with E-state index in [-0.39, 0.29) is 11.4 Å². The Labute approximate surface area is 118 Å². The lowest BCUT2D eigenvalue weighted by molar-refractivity contribution is -0.121. The number of hydrogen-bond donors (Lipinski definition) is 0. The van der Waals surface area contributed by atoms with Crippen LogP contribution in [0.2, 0.25) is 0 Å². The van der Waals surface area contributed by atoms with E-state index in [1.54, 1.807) is 45.0 Å². The number of nitriles is 1. The molecule has 4 heteroatoms. The first-order valence-electron chi connectivity index (χ1n) is 6.14. The number of nitrogens with zero attached hydrogens (tertiary/aromatic N) is 1. The average Bonchev–Trinajstić information content (AvgIpc) is 2.42. The molecule has 0 aromatic heterocycles. The minimum Gasteiger partial charge on any atom is -0.465 e. The lowest BCUT2D eigenvalue weighted by Crippen LogP contribution is -2.21. The zero-order valence-corrected chi connectivity index (χ0v) is 12.1. The van der Waals surface area contributed by atoms with Crippen LogP contribution in [-0.4, -0.2) is 18.9 Å². The molecule has 20 heavy (non-hydrogen) atoms. The number of ether oxygens (including phenoxy) is 1. The van der Waals surface area contributed by atoms with Crippen LogP contribution in [0, 0.1) is 16.7 Å². The predicted octanol–water partition coefficient (Wildman–Crippen LogP) is 3.00. The van der Waals surface area contributed by atoms with Gasteiger partial charge in [-0.15, -0.1) is 0 Å². The molecule has 0 amide bonds. The first kappa shape index (κ1) is 15.6. The summed E-state index contributed by atoms with van der Waals surface area (Å²) in [6, 6.07) is 8.44. The molecule has 0 N–H and O–H groups in total. The molecule has 0 unspecified atom stereocenters. The second-order valence-corrected chi connectivity index (χ2v) is 5.36. The number of methoxy groups -OCH3 is 1. The lowest BCUT2D eigenvalue weighted by Gasteiger charge is -2.15. The fourth-order valence-corrected chi connectivity index (χ4v) is 1.55. The van der Waals surface area contributed by atoms with Crippen molar-refractivity contribution < 1.29 is 14.3 Å². The molecule has 0 saturated carbocycles. The van der Waals surface area contributed by atoms with Gasteiger partial charge >= 0.3 is 5.97 Å². The zero-order chi connectivity index (χ0) is 15.3. The quantitative estimate of drug-likeness (QED) is 0.481. The molecule has 0 aliphatic carbocycles. The van der Waals surface area contributed by atoms with Crippen molar-refractivity contribution in [3.8, 4) is 6.07 Å². The number of carbonyl (C=O) groups excluding carboxylic acids is 2. The fourth-order valence-electron chi connectivity index (χ4n) is 1.55. The molecule has 104 valence electrons. The number of benzene rings is 1. The van der Waals surface area contributed by atoms with E-state index in [1.165, 1.54) is 13.2 Å². The molecule has 0 atom stereocenters. The number of ketones is 1. The molecular weight excluding hydrogens is 254 g/mol. The maximum Gasteiger partial charge on any atom is 0.337 e. The van der Waals surface area contributed by atoms with Gasteiger partial charge in [0.15, 0.2) is 5.78 Å². The van der Waals surface area contributed by atoms with E-state index in [4.69, 9.17) is 5.26 Å². The normalized spacial score (nSPS) is 11.7. The van der Waals surface area contributed by atoms with E-state index in [9.17, 15) is 9.59 Å². The Hall–Kier alpha value is -2.41. The van der Waals surface area contributed by atoms with Gasteiger partial charge in [0, 0.05) is 5.41 Å². The number of Topliss-reactive ketones (excluding diaryl/α,β-unsaturated/α-hetero) is 1. The Kier molecular flexibility index (Phi) is 4.82. The summed E-state index contributed by atoms with van der Waals surface area (Å²) in [4.78, 5) is 23.4. The molecule has 4 nitrogen and oxygen atoms in total. The van der Waals surface area contributed by atoms with E-state index < -0.39 is 11.4 Å². The number of rotatable bonds is 3. The average molecular weight is 271 g/mol. The van der Waals surface area contributed by atoms with Crippen LogP contribution in [-0.2, 0) is 9.53 Å². The maximum absolute atomic E-state index is 12.1. The maximum atomic E-state index is 12.1. The van der Waals surface area contributed by atoms with Crippen LogP contribution in [0.25, 0.3) is 6.08 Å². The second kappa shape index (κ2) is 6.16. The fraction of sp³-hybridized carbons (Fsp3) is 0.312. The van der Waals surface area contributed by atoms with Gasteiger partial charge in [-0.25, -0.2) is 4.79 Å². The highest BCUT2D eigenvalue weighted by Crippen LogP contribution is 2.21. The van der Waals surface area contributed by atoms with Crippen molar-refractivity contribution in [2.45, 2.75) is 20.8 Å². The van der Waals surface area contributed by atoms with Gasteiger partial charge in [0.25, 0.3) is 0 Å². The highest BCUT2D eigenvalue weighted by molar-refractivity contribution is 6.06. The van der Waals surface area contributed by atoms with Crippen molar-refractivity contribution in [3.05, 3.63) is 41.0 Å². The van der Waals surface area contributed by atoms with Crippen LogP contribution >= 0.6 is 0 Å². The number of hydrogen-bond acceptors (Lipinski definition) is 4. The van der Waals surface area contributed by atoms with Crippen LogP contribution < -0.4 is 0 Å². The number of esters is 1. The van der Waals surface area contributed by atoms with E-state index in [0.29, 0.717) is 11.1 Å². The molecule has 0 fully saturated rings. The summed E-state index contributed by atoms with van der Waals surface area (Å²) < 4.78 is 4.60. The molecular formula is C16H17NO3. The van der Waals surface area contributed by atoms with Crippen molar-refractivity contribution in [2.75, 3.05) is 7.11 Å². The summed E-state index contributed by atoms with van der Waals surface area (Å²) >= 11 is 0. The van der Waals surface area contributed by atoms with Crippen molar-refractivity contribution in [1.29, 1.82) is 5.26 Å². The molecule has 0 aliphatic heterocycles. The summed E-state index contributed by atoms with van der Waals surface area (Å²) in [5.41, 5.74) is 0.605. The summed E-state index contributed by atoms with van der Waals surface area (Å²) in [7, 11) is 1.31. The topological polar surface area (TPSA) is 67.2 Å². The zero-order valence-electron chi connectivity index (χ0n) is 12.1. The largest absolute Gasteiger partial charge is 0.465 e. The van der Waals surface area contributed by atoms with E-state index in [0.717, 1.165) is 0 Å². The van der Waals surface area contributed by atoms with Crippen LogP contribution in [0.5, 0.6) is 0 Å². The minimum atomic E-state index is -0.604. The lowest BCUT2D eigenvalue weighted by atomic mass is 9.86. The highest BCUT2D eigenvalue weighted by Gasteiger charge is 2.24. The molecule has 1 aromatic rings. The van der Waals surface area contributed by atoms with Gasteiger partial charge in [-0.3, -0.25) is 4.79 Å². The van der Waals surface area contributed by atoms with Crippen LogP contribution in [0.15, 0.2) is 29.8 Å². The van der Waals surface area contributed by atoms with Gasteiger partial charge in [-0.2, -0.15) is 5.26 Å². The molecule has 1 aromatic carbocycles. The van der Waals surface area contributed by atoms with E-state index in [2.05, 4.69) is 4.74 Å². The van der Waals surface area contributed by atoms with Crippen LogP contribution in [0.1, 0.15) is 36.7 Å². The smallest absolute Gasteiger partial charge is 0.337 e. The first-order valence-corrected chi connectivity index (χ1v) is 6.14. The Morgan fingerprint density at radius 1 is 1.20 bits per heavy atom. The third kappa shape index (κ3) is 3.79. The van der Waals surface area contributed by atoms with E-state index in [1.807, 2.05) is 6.07 Å². The van der Waals surface area contributed by atoms with Crippen molar-refractivity contribution in [2.24, 2.45) is 5.41 Å². The SMILES string of the molecule is COC(=O)c1ccc(/C=C(/C#N)C(=O)C(C)(C)C)cc1. The molecule has 0 radical (unpaired) electrons.